The zero-order valence-corrected chi connectivity index (χ0v) is 18.9. The van der Waals surface area contributed by atoms with Crippen molar-refractivity contribution in [3.8, 4) is 17.2 Å². The third-order valence-electron chi connectivity index (χ3n) is 4.59. The quantitative estimate of drug-likeness (QED) is 0.371. The first kappa shape index (κ1) is 22.6. The minimum absolute atomic E-state index is 0.349. The van der Waals surface area contributed by atoms with Crippen LogP contribution in [0.2, 0.25) is 0 Å². The predicted molar refractivity (Wildman–Crippen MR) is 122 cm³/mol. The zero-order valence-electron chi connectivity index (χ0n) is 18.1. The van der Waals surface area contributed by atoms with Crippen LogP contribution in [0.3, 0.4) is 0 Å². The van der Waals surface area contributed by atoms with E-state index in [0.717, 1.165) is 21.5 Å². The van der Waals surface area contributed by atoms with Crippen LogP contribution in [0, 0.1) is 0 Å². The Morgan fingerprint density at radius 1 is 1.06 bits per heavy atom. The van der Waals surface area contributed by atoms with Gasteiger partial charge < -0.3 is 23.5 Å². The second-order valence-electron chi connectivity index (χ2n) is 6.46. The molecule has 3 rings (SSSR count). The molecule has 1 amide bonds. The summed E-state index contributed by atoms with van der Waals surface area (Å²) in [5.74, 6) is 1.64. The molecule has 0 aliphatic heterocycles. The molecule has 1 aromatic heterocycles. The van der Waals surface area contributed by atoms with E-state index in [2.05, 4.69) is 4.99 Å². The van der Waals surface area contributed by atoms with Gasteiger partial charge in [-0.15, -0.1) is 0 Å². The molecule has 0 bridgehead atoms. The minimum Gasteiger partial charge on any atom is -0.497 e. The van der Waals surface area contributed by atoms with Crippen molar-refractivity contribution in [2.24, 2.45) is 4.99 Å². The number of rotatable bonds is 9. The highest BCUT2D eigenvalue weighted by atomic mass is 32.1. The first-order valence-corrected chi connectivity index (χ1v) is 10.6. The number of amides is 1. The van der Waals surface area contributed by atoms with E-state index in [1.165, 1.54) is 17.4 Å². The van der Waals surface area contributed by atoms with Crippen LogP contribution in [-0.4, -0.2) is 45.0 Å². The summed E-state index contributed by atoms with van der Waals surface area (Å²) in [6, 6.07) is 11.3. The molecule has 0 radical (unpaired) electrons. The molecule has 0 atom stereocenters. The third-order valence-corrected chi connectivity index (χ3v) is 5.63. The van der Waals surface area contributed by atoms with Crippen molar-refractivity contribution in [1.29, 1.82) is 0 Å². The molecule has 0 unspecified atom stereocenters. The lowest BCUT2D eigenvalue weighted by Crippen LogP contribution is -2.19. The number of benzene rings is 2. The van der Waals surface area contributed by atoms with Crippen molar-refractivity contribution in [3.63, 3.8) is 0 Å². The molecular formula is C23H26N2O5S. The Hall–Kier alpha value is -3.10. The molecule has 0 fully saturated rings. The summed E-state index contributed by atoms with van der Waals surface area (Å²) in [5, 5.41) is 0. The largest absolute Gasteiger partial charge is 0.497 e. The molecule has 0 saturated heterocycles. The Labute approximate surface area is 185 Å². The number of thiazole rings is 1. The van der Waals surface area contributed by atoms with E-state index < -0.39 is 0 Å². The van der Waals surface area contributed by atoms with Gasteiger partial charge in [-0.2, -0.15) is 4.99 Å². The fourth-order valence-electron chi connectivity index (χ4n) is 3.04. The molecule has 164 valence electrons. The number of nitrogens with zero attached hydrogens (tertiary/aromatic N) is 2. The normalized spacial score (nSPS) is 11.9. The van der Waals surface area contributed by atoms with Gasteiger partial charge in [0.05, 0.1) is 38.2 Å². The Morgan fingerprint density at radius 2 is 1.87 bits per heavy atom. The van der Waals surface area contributed by atoms with Crippen LogP contribution in [0.15, 0.2) is 47.5 Å². The topological polar surface area (TPSA) is 71.3 Å². The van der Waals surface area contributed by atoms with Crippen LogP contribution in [0.1, 0.15) is 12.5 Å². The van der Waals surface area contributed by atoms with Crippen LogP contribution in [0.25, 0.3) is 16.3 Å². The van der Waals surface area contributed by atoms with Crippen LogP contribution in [0.4, 0.5) is 0 Å². The number of carbonyl (C=O) groups is 1. The highest BCUT2D eigenvalue weighted by molar-refractivity contribution is 7.16. The first-order chi connectivity index (χ1) is 15.1. The zero-order chi connectivity index (χ0) is 22.2. The first-order valence-electron chi connectivity index (χ1n) is 9.83. The van der Waals surface area contributed by atoms with E-state index >= 15 is 0 Å². The van der Waals surface area contributed by atoms with Crippen LogP contribution < -0.4 is 19.0 Å². The lowest BCUT2D eigenvalue weighted by molar-refractivity contribution is -0.113. The van der Waals surface area contributed by atoms with Gasteiger partial charge in [0.2, 0.25) is 0 Å². The van der Waals surface area contributed by atoms with Crippen LogP contribution in [-0.2, 0) is 16.1 Å². The Morgan fingerprint density at radius 3 is 2.58 bits per heavy atom. The molecule has 2 aromatic carbocycles. The van der Waals surface area contributed by atoms with Gasteiger partial charge in [0.1, 0.15) is 5.75 Å². The van der Waals surface area contributed by atoms with E-state index in [-0.39, 0.29) is 5.91 Å². The molecule has 0 aliphatic rings. The Bertz CT molecular complexity index is 1150. The van der Waals surface area contributed by atoms with Crippen molar-refractivity contribution in [2.75, 3.05) is 34.5 Å². The molecule has 31 heavy (non-hydrogen) atoms. The molecule has 8 heteroatoms. The fraction of sp³-hybridized carbons (Fsp3) is 0.304. The number of aromatic nitrogens is 1. The summed E-state index contributed by atoms with van der Waals surface area (Å²) in [5.41, 5.74) is 1.80. The van der Waals surface area contributed by atoms with Gasteiger partial charge in [-0.05, 0) is 48.9 Å². The van der Waals surface area contributed by atoms with Crippen LogP contribution in [0.5, 0.6) is 17.2 Å². The van der Waals surface area contributed by atoms with E-state index in [1.54, 1.807) is 39.5 Å². The van der Waals surface area contributed by atoms with Crippen LogP contribution >= 0.6 is 11.3 Å². The predicted octanol–water partition coefficient (Wildman–Crippen LogP) is 3.91. The van der Waals surface area contributed by atoms with Gasteiger partial charge in [-0.3, -0.25) is 4.79 Å². The molecule has 3 aromatic rings. The molecule has 0 saturated carbocycles. The summed E-state index contributed by atoms with van der Waals surface area (Å²) < 4.78 is 24.4. The van der Waals surface area contributed by atoms with Crippen molar-refractivity contribution >= 4 is 33.5 Å². The summed E-state index contributed by atoms with van der Waals surface area (Å²) in [4.78, 5) is 17.5. The number of fused-ring (bicyclic) bond motifs is 1. The molecule has 0 spiro atoms. The summed E-state index contributed by atoms with van der Waals surface area (Å²) in [7, 11) is 4.78. The molecule has 0 N–H and O–H groups in total. The van der Waals surface area contributed by atoms with E-state index in [9.17, 15) is 4.79 Å². The van der Waals surface area contributed by atoms with Gasteiger partial charge >= 0.3 is 0 Å². The van der Waals surface area contributed by atoms with Gasteiger partial charge in [-0.25, -0.2) is 0 Å². The van der Waals surface area contributed by atoms with Gasteiger partial charge in [0.25, 0.3) is 5.91 Å². The van der Waals surface area contributed by atoms with E-state index in [1.807, 2.05) is 35.8 Å². The highest BCUT2D eigenvalue weighted by Gasteiger charge is 2.09. The number of ether oxygens (including phenoxy) is 4. The summed E-state index contributed by atoms with van der Waals surface area (Å²) in [6.45, 7) is 3.73. The maximum absolute atomic E-state index is 12.6. The smallest absolute Gasteiger partial charge is 0.272 e. The van der Waals surface area contributed by atoms with Gasteiger partial charge in [0.15, 0.2) is 16.3 Å². The summed E-state index contributed by atoms with van der Waals surface area (Å²) >= 11 is 1.44. The standard InChI is InChI=1S/C23H26N2O5S/c1-5-30-13-12-25-18-9-8-17(27-2)15-21(18)31-23(25)24-22(26)11-7-16-6-10-19(28-3)20(14-16)29-4/h6-11,14-15H,5,12-13H2,1-4H3. The minimum atomic E-state index is -0.349. The number of methoxy groups -OCH3 is 3. The molecule has 0 aliphatic carbocycles. The average molecular weight is 443 g/mol. The Kier molecular flexibility index (Phi) is 7.86. The van der Waals surface area contributed by atoms with Crippen molar-refractivity contribution in [2.45, 2.75) is 13.5 Å². The molecule has 1 heterocycles. The molecule has 7 nitrogen and oxygen atoms in total. The number of carbonyl (C=O) groups excluding carboxylic acids is 1. The van der Waals surface area contributed by atoms with Crippen molar-refractivity contribution in [1.82, 2.24) is 4.57 Å². The highest BCUT2D eigenvalue weighted by Crippen LogP contribution is 2.28. The third kappa shape index (κ3) is 5.53. The molecular weight excluding hydrogens is 416 g/mol. The monoisotopic (exact) mass is 442 g/mol. The second kappa shape index (κ2) is 10.8. The van der Waals surface area contributed by atoms with Crippen molar-refractivity contribution in [3.05, 3.63) is 52.8 Å². The maximum Gasteiger partial charge on any atom is 0.272 e. The summed E-state index contributed by atoms with van der Waals surface area (Å²) in [6.07, 6.45) is 3.15. The Balaban J connectivity index is 1.91. The lowest BCUT2D eigenvalue weighted by atomic mass is 10.2. The van der Waals surface area contributed by atoms with Gasteiger partial charge in [-0.1, -0.05) is 17.4 Å². The van der Waals surface area contributed by atoms with Crippen molar-refractivity contribution < 1.29 is 23.7 Å². The SMILES string of the molecule is CCOCCn1c(=NC(=O)C=Cc2ccc(OC)c(OC)c2)sc2cc(OC)ccc21. The number of hydrogen-bond acceptors (Lipinski definition) is 6. The van der Waals surface area contributed by atoms with E-state index in [4.69, 9.17) is 18.9 Å². The average Bonchev–Trinajstić information content (AvgIpc) is 3.13. The second-order valence-corrected chi connectivity index (χ2v) is 7.47. The lowest BCUT2D eigenvalue weighted by Gasteiger charge is -2.07. The maximum atomic E-state index is 12.6. The van der Waals surface area contributed by atoms with E-state index in [0.29, 0.717) is 36.1 Å². The number of hydrogen-bond donors (Lipinski definition) is 0. The fourth-order valence-corrected chi connectivity index (χ4v) is 4.13. The van der Waals surface area contributed by atoms with Gasteiger partial charge in [0, 0.05) is 19.2 Å².